The largest absolute Gasteiger partial charge is 0.463 e. The van der Waals surface area contributed by atoms with Gasteiger partial charge in [0.2, 0.25) is 11.8 Å². The summed E-state index contributed by atoms with van der Waals surface area (Å²) in [5.41, 5.74) is 0.114. The molecule has 7 heteroatoms. The molecule has 0 aliphatic carbocycles. The van der Waals surface area contributed by atoms with Crippen molar-refractivity contribution >= 4 is 17.8 Å². The lowest BCUT2D eigenvalue weighted by Gasteiger charge is -2.41. The number of hydrogen-bond acceptors (Lipinski definition) is 5. The minimum atomic E-state index is -0.615. The van der Waals surface area contributed by atoms with Crippen LogP contribution in [0.2, 0.25) is 0 Å². The van der Waals surface area contributed by atoms with E-state index in [9.17, 15) is 14.4 Å². The Hall–Kier alpha value is -1.89. The Kier molecular flexibility index (Phi) is 16.6. The van der Waals surface area contributed by atoms with Crippen LogP contribution in [0.3, 0.4) is 0 Å². The number of likely N-dealkylation sites (tertiary alicyclic amines) is 1. The van der Waals surface area contributed by atoms with E-state index < -0.39 is 11.5 Å². The molecule has 1 heterocycles. The highest BCUT2D eigenvalue weighted by Gasteiger charge is 2.38. The normalized spacial score (nSPS) is 18.4. The third-order valence-electron chi connectivity index (χ3n) is 6.41. The molecule has 0 radical (unpaired) electrons. The highest BCUT2D eigenvalue weighted by molar-refractivity contribution is 5.90. The van der Waals surface area contributed by atoms with Crippen molar-refractivity contribution < 1.29 is 19.1 Å². The summed E-state index contributed by atoms with van der Waals surface area (Å²) in [7, 11) is 1.75. The van der Waals surface area contributed by atoms with Crippen molar-refractivity contribution in [3.8, 4) is 0 Å². The number of esters is 1. The molecule has 1 aliphatic heterocycles. The Balaban J connectivity index is 0.00000387. The molecule has 36 heavy (non-hydrogen) atoms. The average Bonchev–Trinajstić information content (AvgIpc) is 2.81. The molecule has 0 aromatic carbocycles. The number of carbonyl (C=O) groups excluding carboxylic acids is 3. The van der Waals surface area contributed by atoms with E-state index in [2.05, 4.69) is 37.9 Å². The lowest BCUT2D eigenvalue weighted by Crippen LogP contribution is -2.59. The number of likely N-dealkylation sites (N-methyl/N-ethyl adjacent to an activating group) is 1. The van der Waals surface area contributed by atoms with Gasteiger partial charge in [0, 0.05) is 25.2 Å². The van der Waals surface area contributed by atoms with Crippen LogP contribution in [-0.4, -0.2) is 72.5 Å². The van der Waals surface area contributed by atoms with Gasteiger partial charge in [-0.2, -0.15) is 0 Å². The summed E-state index contributed by atoms with van der Waals surface area (Å²) in [4.78, 5) is 42.4. The summed E-state index contributed by atoms with van der Waals surface area (Å²) in [6, 6.07) is -0.444. The number of nitrogens with one attached hydrogen (secondary N) is 1. The van der Waals surface area contributed by atoms with Crippen LogP contribution in [0.1, 0.15) is 107 Å². The molecule has 0 aromatic rings. The van der Waals surface area contributed by atoms with Crippen LogP contribution in [0.4, 0.5) is 0 Å². The number of ether oxygens (including phenoxy) is 1. The first-order valence-electron chi connectivity index (χ1n) is 14.0. The highest BCUT2D eigenvalue weighted by Crippen LogP contribution is 2.25. The van der Waals surface area contributed by atoms with E-state index in [0.29, 0.717) is 31.2 Å². The number of amides is 2. The van der Waals surface area contributed by atoms with Crippen LogP contribution in [0, 0.1) is 5.41 Å². The number of carbonyl (C=O) groups is 3. The van der Waals surface area contributed by atoms with Gasteiger partial charge in [-0.3, -0.25) is 14.5 Å². The van der Waals surface area contributed by atoms with Crippen molar-refractivity contribution in [3.05, 3.63) is 11.6 Å². The molecule has 210 valence electrons. The van der Waals surface area contributed by atoms with Gasteiger partial charge >= 0.3 is 5.97 Å². The third kappa shape index (κ3) is 11.9. The van der Waals surface area contributed by atoms with Crippen molar-refractivity contribution in [1.29, 1.82) is 0 Å². The number of rotatable bonds is 11. The first-order chi connectivity index (χ1) is 16.8. The van der Waals surface area contributed by atoms with Crippen LogP contribution < -0.4 is 5.32 Å². The molecular weight excluding hydrogens is 454 g/mol. The summed E-state index contributed by atoms with van der Waals surface area (Å²) in [5.74, 6) is -0.486. The lowest BCUT2D eigenvalue weighted by atomic mass is 9.85. The molecule has 3 unspecified atom stereocenters. The second-order valence-corrected chi connectivity index (χ2v) is 11.1. The molecule has 1 aliphatic rings. The maximum absolute atomic E-state index is 13.4. The van der Waals surface area contributed by atoms with E-state index in [1.165, 1.54) is 6.42 Å². The minimum absolute atomic E-state index is 0.0441. The van der Waals surface area contributed by atoms with Crippen molar-refractivity contribution in [2.75, 3.05) is 26.7 Å². The first kappa shape index (κ1) is 34.1. The predicted molar refractivity (Wildman–Crippen MR) is 149 cm³/mol. The SMILES string of the molecule is CCC.CCCC(C)N1CCCCC1C(=O)NC(C(=O)N(C)CC/C=C(\C)C(=O)OCC)C(C)(C)C. The highest BCUT2D eigenvalue weighted by atomic mass is 16.5. The Morgan fingerprint density at radius 1 is 1.14 bits per heavy atom. The summed E-state index contributed by atoms with van der Waals surface area (Å²) < 4.78 is 4.99. The molecule has 1 saturated heterocycles. The minimum Gasteiger partial charge on any atom is -0.463 e. The monoisotopic (exact) mass is 509 g/mol. The number of hydrogen-bond donors (Lipinski definition) is 1. The first-order valence-corrected chi connectivity index (χ1v) is 14.0. The molecule has 7 nitrogen and oxygen atoms in total. The quantitative estimate of drug-likeness (QED) is 0.301. The number of nitrogens with zero attached hydrogens (tertiary/aromatic N) is 2. The molecule has 3 atom stereocenters. The standard InChI is InChI=1S/C26H47N3O4.C3H8/c1-9-14-20(4)29-18-12-11-16-21(29)23(30)27-22(26(5,6)7)24(31)28(8)17-13-15-19(3)25(32)33-10-2;1-3-2/h15,20-22H,9-14,16-18H2,1-8H3,(H,27,30);3H2,1-2H3/b19-15+;. The van der Waals surface area contributed by atoms with Gasteiger partial charge in [0.1, 0.15) is 6.04 Å². The van der Waals surface area contributed by atoms with Crippen LogP contribution in [-0.2, 0) is 19.1 Å². The third-order valence-corrected chi connectivity index (χ3v) is 6.41. The molecule has 1 rings (SSSR count). The Morgan fingerprint density at radius 2 is 1.75 bits per heavy atom. The fourth-order valence-electron chi connectivity index (χ4n) is 4.37. The molecule has 0 bridgehead atoms. The molecule has 2 amide bonds. The molecule has 0 aromatic heterocycles. The van der Waals surface area contributed by atoms with Crippen molar-refractivity contribution in [2.45, 2.75) is 125 Å². The van der Waals surface area contributed by atoms with E-state index >= 15 is 0 Å². The maximum atomic E-state index is 13.4. The van der Waals surface area contributed by atoms with E-state index in [-0.39, 0.29) is 23.8 Å². The van der Waals surface area contributed by atoms with E-state index in [1.807, 2.05) is 20.8 Å². The predicted octanol–water partition coefficient (Wildman–Crippen LogP) is 5.33. The van der Waals surface area contributed by atoms with Crippen molar-refractivity contribution in [3.63, 3.8) is 0 Å². The molecule has 0 saturated carbocycles. The summed E-state index contributed by atoms with van der Waals surface area (Å²) in [6.45, 7) is 19.8. The zero-order valence-electron chi connectivity index (χ0n) is 24.9. The zero-order valence-corrected chi connectivity index (χ0v) is 24.9. The van der Waals surface area contributed by atoms with Crippen LogP contribution in [0.15, 0.2) is 11.6 Å². The fourth-order valence-corrected chi connectivity index (χ4v) is 4.37. The van der Waals surface area contributed by atoms with Gasteiger partial charge in [-0.25, -0.2) is 4.79 Å². The van der Waals surface area contributed by atoms with E-state index in [4.69, 9.17) is 4.74 Å². The molecular formula is C29H55N3O4. The summed E-state index contributed by atoms with van der Waals surface area (Å²) in [5, 5.41) is 3.11. The molecule has 0 spiro atoms. The smallest absolute Gasteiger partial charge is 0.333 e. The zero-order chi connectivity index (χ0) is 27.9. The molecule has 1 fully saturated rings. The second-order valence-electron chi connectivity index (χ2n) is 11.1. The topological polar surface area (TPSA) is 79.0 Å². The fraction of sp³-hybridized carbons (Fsp3) is 0.828. The van der Waals surface area contributed by atoms with E-state index in [0.717, 1.165) is 38.6 Å². The van der Waals surface area contributed by atoms with Gasteiger partial charge in [-0.05, 0) is 58.4 Å². The van der Waals surface area contributed by atoms with Crippen molar-refractivity contribution in [2.24, 2.45) is 5.41 Å². The van der Waals surface area contributed by atoms with Gasteiger partial charge < -0.3 is 15.0 Å². The lowest BCUT2D eigenvalue weighted by molar-refractivity contribution is -0.140. The summed E-state index contributed by atoms with van der Waals surface area (Å²) in [6.07, 6.45) is 8.72. The van der Waals surface area contributed by atoms with Crippen LogP contribution in [0.25, 0.3) is 0 Å². The Morgan fingerprint density at radius 3 is 2.28 bits per heavy atom. The summed E-state index contributed by atoms with van der Waals surface area (Å²) >= 11 is 0. The van der Waals surface area contributed by atoms with Gasteiger partial charge in [-0.15, -0.1) is 0 Å². The van der Waals surface area contributed by atoms with Crippen LogP contribution in [0.5, 0.6) is 0 Å². The second kappa shape index (κ2) is 17.5. The average molecular weight is 510 g/mol. The Bertz CT molecular complexity index is 699. The van der Waals surface area contributed by atoms with Gasteiger partial charge in [0.25, 0.3) is 0 Å². The maximum Gasteiger partial charge on any atom is 0.333 e. The van der Waals surface area contributed by atoms with E-state index in [1.54, 1.807) is 31.9 Å². The number of piperidine rings is 1. The van der Waals surface area contributed by atoms with Gasteiger partial charge in [0.05, 0.1) is 12.6 Å². The van der Waals surface area contributed by atoms with Crippen LogP contribution >= 0.6 is 0 Å². The Labute approximate surface area is 221 Å². The van der Waals surface area contributed by atoms with Gasteiger partial charge in [0.15, 0.2) is 0 Å². The molecule has 1 N–H and O–H groups in total. The van der Waals surface area contributed by atoms with Gasteiger partial charge in [-0.1, -0.05) is 66.9 Å². The van der Waals surface area contributed by atoms with Crippen molar-refractivity contribution in [1.82, 2.24) is 15.1 Å².